The molecule has 1 aromatic heterocycles. The van der Waals surface area contributed by atoms with Gasteiger partial charge < -0.3 is 15.5 Å². The molecule has 2 rings (SSSR count). The summed E-state index contributed by atoms with van der Waals surface area (Å²) in [4.78, 5) is 6.60. The second-order valence-electron chi connectivity index (χ2n) is 6.99. The van der Waals surface area contributed by atoms with Gasteiger partial charge in [-0.2, -0.15) is 5.10 Å². The van der Waals surface area contributed by atoms with Crippen LogP contribution in [0.15, 0.2) is 23.2 Å². The Kier molecular flexibility index (Phi) is 9.88. The average molecular weight is 502 g/mol. The van der Waals surface area contributed by atoms with E-state index in [0.29, 0.717) is 25.2 Å². The summed E-state index contributed by atoms with van der Waals surface area (Å²) in [5.74, 6) is 0.558. The molecule has 6 nitrogen and oxygen atoms in total. The van der Waals surface area contributed by atoms with Crippen LogP contribution >= 0.6 is 24.0 Å². The Morgan fingerprint density at radius 2 is 1.96 bits per heavy atom. The lowest BCUT2D eigenvalue weighted by molar-refractivity contribution is 0.392. The summed E-state index contributed by atoms with van der Waals surface area (Å²) in [6, 6.07) is 5.20. The highest BCUT2D eigenvalue weighted by atomic mass is 127. The monoisotopic (exact) mass is 502 g/mol. The number of nitrogens with one attached hydrogen (secondary N) is 2. The molecule has 0 aliphatic heterocycles. The Bertz CT molecular complexity index is 800. The molecule has 0 saturated heterocycles. The summed E-state index contributed by atoms with van der Waals surface area (Å²) in [7, 11) is 5.81. The maximum atomic E-state index is 13.9. The predicted octanol–water partition coefficient (Wildman–Crippen LogP) is 3.11. The predicted molar refractivity (Wildman–Crippen MR) is 124 cm³/mol. The number of aliphatic imine (C=N–C) groups is 1. The Hall–Kier alpha value is -1.68. The van der Waals surface area contributed by atoms with Crippen molar-refractivity contribution in [1.29, 1.82) is 0 Å². The van der Waals surface area contributed by atoms with Crippen molar-refractivity contribution in [2.45, 2.75) is 40.4 Å². The molecule has 2 N–H and O–H groups in total. The van der Waals surface area contributed by atoms with Crippen LogP contribution in [-0.4, -0.2) is 41.3 Å². The summed E-state index contributed by atoms with van der Waals surface area (Å²) in [5.41, 5.74) is 5.01. The van der Waals surface area contributed by atoms with Crippen molar-refractivity contribution in [3.63, 3.8) is 0 Å². The van der Waals surface area contributed by atoms with E-state index in [1.54, 1.807) is 6.07 Å². The highest BCUT2D eigenvalue weighted by Crippen LogP contribution is 2.14. The minimum absolute atomic E-state index is 0. The molecule has 0 atom stereocenters. The molecule has 0 aliphatic rings. The zero-order valence-corrected chi connectivity index (χ0v) is 20.0. The summed E-state index contributed by atoms with van der Waals surface area (Å²) in [6.45, 7) is 8.59. The van der Waals surface area contributed by atoms with E-state index in [-0.39, 0.29) is 29.8 Å². The second-order valence-corrected chi connectivity index (χ2v) is 6.99. The van der Waals surface area contributed by atoms with Gasteiger partial charge in [0.15, 0.2) is 5.96 Å². The molecule has 0 radical (unpaired) electrons. The summed E-state index contributed by atoms with van der Waals surface area (Å²) in [6.07, 6.45) is 0. The van der Waals surface area contributed by atoms with Gasteiger partial charge in [-0.25, -0.2) is 9.38 Å². The van der Waals surface area contributed by atoms with Crippen molar-refractivity contribution in [2.24, 2.45) is 12.0 Å². The lowest BCUT2D eigenvalue weighted by Crippen LogP contribution is -2.37. The van der Waals surface area contributed by atoms with Crippen LogP contribution in [0.4, 0.5) is 4.39 Å². The zero-order chi connectivity index (χ0) is 20.0. The Balaban J connectivity index is 0.00000392. The molecule has 0 unspecified atom stereocenters. The van der Waals surface area contributed by atoms with Crippen LogP contribution in [-0.2, 0) is 26.7 Å². The van der Waals surface area contributed by atoms with Crippen LogP contribution < -0.4 is 10.6 Å². The quantitative estimate of drug-likeness (QED) is 0.347. The van der Waals surface area contributed by atoms with E-state index in [9.17, 15) is 4.39 Å². The smallest absolute Gasteiger partial charge is 0.191 e. The number of aryl methyl sites for hydroxylation is 2. The minimum atomic E-state index is -0.177. The summed E-state index contributed by atoms with van der Waals surface area (Å²) < 4.78 is 15.8. The SMILES string of the molecule is CCNC(=NCc1ccc(F)c(CN(C)C)c1)NCc1c(C)nn(C)c1C.I. The van der Waals surface area contributed by atoms with Gasteiger partial charge in [0.05, 0.1) is 12.2 Å². The van der Waals surface area contributed by atoms with Crippen LogP contribution in [0.2, 0.25) is 0 Å². The maximum Gasteiger partial charge on any atom is 0.191 e. The fraction of sp³-hybridized carbons (Fsp3) is 0.500. The normalized spacial score (nSPS) is 11.5. The Labute approximate surface area is 184 Å². The van der Waals surface area contributed by atoms with Crippen LogP contribution in [0.1, 0.15) is 35.0 Å². The fourth-order valence-electron chi connectivity index (χ4n) is 2.95. The summed E-state index contributed by atoms with van der Waals surface area (Å²) >= 11 is 0. The molecule has 28 heavy (non-hydrogen) atoms. The van der Waals surface area contributed by atoms with E-state index in [2.05, 4.69) is 27.6 Å². The lowest BCUT2D eigenvalue weighted by atomic mass is 10.1. The zero-order valence-electron chi connectivity index (χ0n) is 17.6. The van der Waals surface area contributed by atoms with Gasteiger partial charge in [-0.3, -0.25) is 4.68 Å². The topological polar surface area (TPSA) is 57.5 Å². The number of benzene rings is 1. The molecule has 0 fully saturated rings. The number of rotatable bonds is 7. The van der Waals surface area contributed by atoms with Crippen molar-refractivity contribution >= 4 is 29.9 Å². The molecular formula is C20H32FIN6. The van der Waals surface area contributed by atoms with E-state index < -0.39 is 0 Å². The Morgan fingerprint density at radius 1 is 1.25 bits per heavy atom. The highest BCUT2D eigenvalue weighted by molar-refractivity contribution is 14.0. The van der Waals surface area contributed by atoms with Gasteiger partial charge in [-0.1, -0.05) is 6.07 Å². The van der Waals surface area contributed by atoms with E-state index in [0.717, 1.165) is 29.5 Å². The van der Waals surface area contributed by atoms with E-state index >= 15 is 0 Å². The molecule has 0 bridgehead atoms. The van der Waals surface area contributed by atoms with E-state index in [1.807, 2.05) is 50.6 Å². The van der Waals surface area contributed by atoms with Crippen molar-refractivity contribution < 1.29 is 4.39 Å². The van der Waals surface area contributed by atoms with Crippen LogP contribution in [0.5, 0.6) is 0 Å². The highest BCUT2D eigenvalue weighted by Gasteiger charge is 2.10. The second kappa shape index (κ2) is 11.4. The standard InChI is InChI=1S/C20H31FN6.HI/c1-7-22-20(24-12-18-14(2)25-27(6)15(18)3)23-11-16-8-9-19(21)17(10-16)13-26(4)5;/h8-10H,7,11-13H2,1-6H3,(H2,22,23,24);1H. The molecule has 0 spiro atoms. The third kappa shape index (κ3) is 6.73. The molecule has 1 heterocycles. The maximum absolute atomic E-state index is 13.9. The first-order valence-electron chi connectivity index (χ1n) is 9.25. The van der Waals surface area contributed by atoms with Crippen LogP contribution in [0, 0.1) is 19.7 Å². The van der Waals surface area contributed by atoms with Crippen molar-refractivity contribution in [2.75, 3.05) is 20.6 Å². The molecule has 0 saturated carbocycles. The van der Waals surface area contributed by atoms with E-state index in [4.69, 9.17) is 0 Å². The number of halogens is 2. The van der Waals surface area contributed by atoms with Gasteiger partial charge in [-0.15, -0.1) is 24.0 Å². The lowest BCUT2D eigenvalue weighted by Gasteiger charge is -2.13. The van der Waals surface area contributed by atoms with Crippen molar-refractivity contribution in [3.05, 3.63) is 52.1 Å². The van der Waals surface area contributed by atoms with Crippen molar-refractivity contribution in [3.8, 4) is 0 Å². The molecule has 1 aromatic carbocycles. The average Bonchev–Trinajstić information content (AvgIpc) is 2.85. The first-order valence-corrected chi connectivity index (χ1v) is 9.25. The summed E-state index contributed by atoms with van der Waals surface area (Å²) in [5, 5.41) is 11.1. The largest absolute Gasteiger partial charge is 0.357 e. The third-order valence-electron chi connectivity index (χ3n) is 4.45. The molecule has 0 amide bonds. The fourth-order valence-corrected chi connectivity index (χ4v) is 2.95. The third-order valence-corrected chi connectivity index (χ3v) is 4.45. The van der Waals surface area contributed by atoms with Crippen LogP contribution in [0.25, 0.3) is 0 Å². The molecule has 0 aliphatic carbocycles. The van der Waals surface area contributed by atoms with Gasteiger partial charge in [0.25, 0.3) is 0 Å². The number of aromatic nitrogens is 2. The number of nitrogens with zero attached hydrogens (tertiary/aromatic N) is 4. The molecule has 2 aromatic rings. The molecule has 8 heteroatoms. The molecular weight excluding hydrogens is 470 g/mol. The Morgan fingerprint density at radius 3 is 2.54 bits per heavy atom. The van der Waals surface area contributed by atoms with Crippen molar-refractivity contribution in [1.82, 2.24) is 25.3 Å². The molecule has 156 valence electrons. The first kappa shape index (κ1) is 24.4. The van der Waals surface area contributed by atoms with Gasteiger partial charge >= 0.3 is 0 Å². The minimum Gasteiger partial charge on any atom is -0.357 e. The van der Waals surface area contributed by atoms with Gasteiger partial charge in [0, 0.05) is 43.5 Å². The first-order chi connectivity index (χ1) is 12.8. The van der Waals surface area contributed by atoms with Gasteiger partial charge in [0.2, 0.25) is 0 Å². The number of hydrogen-bond acceptors (Lipinski definition) is 3. The number of guanidine groups is 1. The van der Waals surface area contributed by atoms with E-state index in [1.165, 1.54) is 11.6 Å². The number of hydrogen-bond donors (Lipinski definition) is 2. The van der Waals surface area contributed by atoms with Gasteiger partial charge in [0.1, 0.15) is 5.82 Å². The van der Waals surface area contributed by atoms with Gasteiger partial charge in [-0.05, 0) is 52.6 Å². The van der Waals surface area contributed by atoms with Crippen LogP contribution in [0.3, 0.4) is 0 Å².